The van der Waals surface area contributed by atoms with E-state index in [1.165, 1.54) is 29.7 Å². The second kappa shape index (κ2) is 9.07. The van der Waals surface area contributed by atoms with Gasteiger partial charge in [-0.05, 0) is 12.1 Å². The highest BCUT2D eigenvalue weighted by molar-refractivity contribution is 5.93. The number of aromatic nitrogens is 2. The number of ether oxygens (including phenoxy) is 1. The van der Waals surface area contributed by atoms with Crippen LogP contribution in [0.4, 0.5) is 26.3 Å². The van der Waals surface area contributed by atoms with E-state index in [4.69, 9.17) is 0 Å². The Kier molecular flexibility index (Phi) is 7.01. The molecule has 0 spiro atoms. The van der Waals surface area contributed by atoms with E-state index in [2.05, 4.69) is 19.5 Å². The van der Waals surface area contributed by atoms with Gasteiger partial charge in [-0.1, -0.05) is 25.1 Å². The third-order valence-electron chi connectivity index (χ3n) is 3.57. The normalized spacial score (nSPS) is 14.2. The summed E-state index contributed by atoms with van der Waals surface area (Å²) in [7, 11) is 0. The number of hydrogen-bond donors (Lipinski definition) is 1. The van der Waals surface area contributed by atoms with Crippen LogP contribution in [0.15, 0.2) is 42.7 Å². The summed E-state index contributed by atoms with van der Waals surface area (Å²) >= 11 is 0. The van der Waals surface area contributed by atoms with Crippen molar-refractivity contribution in [3.63, 3.8) is 0 Å². The van der Waals surface area contributed by atoms with E-state index >= 15 is 0 Å². The zero-order chi connectivity index (χ0) is 21.7. The van der Waals surface area contributed by atoms with Gasteiger partial charge < -0.3 is 4.74 Å². The Morgan fingerprint density at radius 2 is 1.76 bits per heavy atom. The molecule has 12 heteroatoms. The van der Waals surface area contributed by atoms with Crippen molar-refractivity contribution in [1.29, 1.82) is 0 Å². The number of nitrogens with one attached hydrogen (secondary N) is 1. The molecule has 0 aliphatic carbocycles. The lowest BCUT2D eigenvalue weighted by molar-refractivity contribution is -0.297. The summed E-state index contributed by atoms with van der Waals surface area (Å²) in [6.45, 7) is -0.573. The van der Waals surface area contributed by atoms with Crippen LogP contribution in [-0.4, -0.2) is 40.9 Å². The summed E-state index contributed by atoms with van der Waals surface area (Å²) in [4.78, 5) is 22.7. The first-order chi connectivity index (χ1) is 13.5. The number of alkyl halides is 6. The number of halogens is 6. The average Bonchev–Trinajstić information content (AvgIpc) is 2.70. The van der Waals surface area contributed by atoms with Crippen LogP contribution in [0.25, 0.3) is 0 Å². The smallest absolute Gasteiger partial charge is 0.422 e. The fourth-order valence-electron chi connectivity index (χ4n) is 2.05. The van der Waals surface area contributed by atoms with Crippen molar-refractivity contribution in [3.05, 3.63) is 54.0 Å². The van der Waals surface area contributed by atoms with Gasteiger partial charge in [-0.3, -0.25) is 9.78 Å². The first-order valence-corrected chi connectivity index (χ1v) is 8.06. The maximum atomic E-state index is 14.2. The van der Waals surface area contributed by atoms with E-state index in [-0.39, 0.29) is 11.3 Å². The van der Waals surface area contributed by atoms with Gasteiger partial charge in [0.2, 0.25) is 12.1 Å². The fraction of sp³-hybridized carbons (Fsp3) is 0.353. The van der Waals surface area contributed by atoms with E-state index in [1.807, 2.05) is 0 Å². The molecule has 0 radical (unpaired) electrons. The molecule has 29 heavy (non-hydrogen) atoms. The van der Waals surface area contributed by atoms with E-state index in [0.29, 0.717) is 0 Å². The molecule has 0 saturated heterocycles. The molecule has 2 rings (SSSR count). The molecular weight excluding hydrogens is 408 g/mol. The van der Waals surface area contributed by atoms with Gasteiger partial charge in [0.25, 0.3) is 5.91 Å². The molecular formula is C17H15F6N3O3. The number of benzene rings is 1. The molecule has 0 bridgehead atoms. The molecule has 1 aromatic carbocycles. The second-order valence-corrected chi connectivity index (χ2v) is 5.83. The minimum absolute atomic E-state index is 0.0204. The van der Waals surface area contributed by atoms with Gasteiger partial charge in [-0.2, -0.15) is 26.8 Å². The summed E-state index contributed by atoms with van der Waals surface area (Å²) in [5.74, 6) is -3.08. The van der Waals surface area contributed by atoms with E-state index in [9.17, 15) is 31.1 Å². The van der Waals surface area contributed by atoms with Crippen LogP contribution in [0.5, 0.6) is 5.88 Å². The van der Waals surface area contributed by atoms with Gasteiger partial charge in [0.15, 0.2) is 6.61 Å². The van der Waals surface area contributed by atoms with Crippen molar-refractivity contribution in [3.8, 4) is 5.88 Å². The Labute approximate surface area is 160 Å². The van der Waals surface area contributed by atoms with E-state index < -0.39 is 42.8 Å². The maximum absolute atomic E-state index is 14.2. The van der Waals surface area contributed by atoms with Crippen LogP contribution in [-0.2, 0) is 4.84 Å². The Morgan fingerprint density at radius 1 is 1.10 bits per heavy atom. The maximum Gasteiger partial charge on any atom is 0.422 e. The van der Waals surface area contributed by atoms with Gasteiger partial charge in [0.05, 0.1) is 18.1 Å². The molecule has 2 aromatic rings. The Balaban J connectivity index is 1.96. The summed E-state index contributed by atoms with van der Waals surface area (Å²) < 4.78 is 82.7. The molecule has 6 nitrogen and oxygen atoms in total. The van der Waals surface area contributed by atoms with Crippen molar-refractivity contribution in [2.75, 3.05) is 6.61 Å². The highest BCUT2D eigenvalue weighted by Crippen LogP contribution is 2.33. The molecule has 158 valence electrons. The largest absolute Gasteiger partial charge is 0.467 e. The predicted octanol–water partition coefficient (Wildman–Crippen LogP) is 3.81. The zero-order valence-corrected chi connectivity index (χ0v) is 14.8. The minimum Gasteiger partial charge on any atom is -0.467 e. The Hall–Kier alpha value is -2.89. The monoisotopic (exact) mass is 423 g/mol. The van der Waals surface area contributed by atoms with Crippen molar-refractivity contribution < 1.29 is 40.7 Å². The topological polar surface area (TPSA) is 73.3 Å². The highest BCUT2D eigenvalue weighted by Gasteiger charge is 2.47. The van der Waals surface area contributed by atoms with Crippen molar-refractivity contribution >= 4 is 5.91 Å². The lowest BCUT2D eigenvalue weighted by Gasteiger charge is -2.24. The average molecular weight is 423 g/mol. The molecule has 1 N–H and O–H groups in total. The van der Waals surface area contributed by atoms with Crippen LogP contribution in [0.1, 0.15) is 28.9 Å². The summed E-state index contributed by atoms with van der Waals surface area (Å²) in [5.41, 5.74) is 1.21. The number of carbonyl (C=O) groups is 1. The molecule has 0 saturated carbocycles. The quantitative estimate of drug-likeness (QED) is 0.516. The molecule has 0 fully saturated rings. The molecule has 1 amide bonds. The molecule has 0 aliphatic rings. The number of nitrogens with zero attached hydrogens (tertiary/aromatic N) is 2. The lowest BCUT2D eigenvalue weighted by Crippen LogP contribution is -2.43. The van der Waals surface area contributed by atoms with Crippen LogP contribution >= 0.6 is 0 Å². The highest BCUT2D eigenvalue weighted by atomic mass is 19.4. The number of amides is 1. The summed E-state index contributed by atoms with van der Waals surface area (Å²) in [6.07, 6.45) is -10.4. The molecule has 1 heterocycles. The SMILES string of the molecule is C[C@H](c1cnc(OCC(F)(F)F)cn1)[C@@H](F)C(F)(F)ONC(=O)c1ccccc1. The third kappa shape index (κ3) is 6.59. The van der Waals surface area contributed by atoms with Gasteiger partial charge in [0.1, 0.15) is 0 Å². The second-order valence-electron chi connectivity index (χ2n) is 5.83. The van der Waals surface area contributed by atoms with Crippen molar-refractivity contribution in [2.45, 2.75) is 31.3 Å². The molecule has 0 unspecified atom stereocenters. The summed E-state index contributed by atoms with van der Waals surface area (Å²) in [5, 5.41) is 0. The first-order valence-electron chi connectivity index (χ1n) is 8.06. The minimum atomic E-state index is -4.60. The Bertz CT molecular complexity index is 802. The van der Waals surface area contributed by atoms with Gasteiger partial charge in [-0.15, -0.1) is 0 Å². The predicted molar refractivity (Wildman–Crippen MR) is 86.8 cm³/mol. The zero-order valence-electron chi connectivity index (χ0n) is 14.8. The third-order valence-corrected chi connectivity index (χ3v) is 3.57. The van der Waals surface area contributed by atoms with E-state index in [0.717, 1.165) is 19.3 Å². The number of carbonyl (C=O) groups excluding carboxylic acids is 1. The number of hydrogen-bond acceptors (Lipinski definition) is 5. The molecule has 0 aliphatic heterocycles. The van der Waals surface area contributed by atoms with Crippen molar-refractivity contribution in [2.24, 2.45) is 0 Å². The standard InChI is InChI=1S/C17H15F6N3O3/c1-10(12-7-25-13(8-24-12)28-9-16(19,20)21)14(18)17(22,23)29-26-15(27)11-5-3-2-4-6-11/h2-8,10,14H,9H2,1H3,(H,26,27)/t10-,14-/m1/s1. The van der Waals surface area contributed by atoms with Gasteiger partial charge in [0, 0.05) is 11.5 Å². The first kappa shape index (κ1) is 22.4. The van der Waals surface area contributed by atoms with Crippen LogP contribution in [0, 0.1) is 0 Å². The van der Waals surface area contributed by atoms with Crippen molar-refractivity contribution in [1.82, 2.24) is 15.4 Å². The van der Waals surface area contributed by atoms with Gasteiger partial charge >= 0.3 is 12.3 Å². The van der Waals surface area contributed by atoms with Crippen LogP contribution < -0.4 is 10.2 Å². The number of rotatable bonds is 8. The molecule has 1 aromatic heterocycles. The van der Waals surface area contributed by atoms with Crippen LogP contribution in [0.2, 0.25) is 0 Å². The van der Waals surface area contributed by atoms with Gasteiger partial charge in [-0.25, -0.2) is 14.9 Å². The van der Waals surface area contributed by atoms with Crippen LogP contribution in [0.3, 0.4) is 0 Å². The number of hydroxylamine groups is 1. The fourth-order valence-corrected chi connectivity index (χ4v) is 2.05. The Morgan fingerprint density at radius 3 is 2.31 bits per heavy atom. The summed E-state index contributed by atoms with van der Waals surface area (Å²) in [6, 6.07) is 7.27. The van der Waals surface area contributed by atoms with E-state index in [1.54, 1.807) is 6.07 Å². The lowest BCUT2D eigenvalue weighted by atomic mass is 10.0. The molecule has 2 atom stereocenters.